The number of fused-ring (bicyclic) bond motifs is 7. The van der Waals surface area contributed by atoms with Crippen molar-refractivity contribution in [2.75, 3.05) is 24.7 Å². The maximum Gasteiger partial charge on any atom is 0.238 e. The van der Waals surface area contributed by atoms with E-state index >= 15 is 4.79 Å². The normalized spacial score (nSPS) is 30.2. The molecule has 478 valence electrons. The number of phenolic OH excluding ortho intramolecular Hbond substituents is 2. The number of benzene rings is 6. The molecular formula is C74H81NO10S6. The zero-order valence-corrected chi connectivity index (χ0v) is 56.5. The quantitative estimate of drug-likeness (QED) is 0.0775. The van der Waals surface area contributed by atoms with Gasteiger partial charge in [0, 0.05) is 70.4 Å². The van der Waals surface area contributed by atoms with Crippen LogP contribution < -0.4 is 15.5 Å². The highest BCUT2D eigenvalue weighted by molar-refractivity contribution is 8.77. The summed E-state index contributed by atoms with van der Waals surface area (Å²) < 4.78 is 14.2. The van der Waals surface area contributed by atoms with E-state index in [0.29, 0.717) is 84.3 Å². The van der Waals surface area contributed by atoms with E-state index < -0.39 is 41.0 Å². The summed E-state index contributed by atoms with van der Waals surface area (Å²) >= 11 is 0. The fraction of sp³-hybridized carbons (Fsp3) is 0.500. The molecule has 1 aromatic heterocycles. The Balaban J connectivity index is 0.923. The largest absolute Gasteiger partial charge is 0.507 e. The summed E-state index contributed by atoms with van der Waals surface area (Å²) in [6, 6.07) is 26.2. The molecule has 8 N–H and O–H groups in total. The molecular weight excluding hydrogens is 1260 g/mol. The molecule has 14 aliphatic rings. The first-order valence-corrected chi connectivity index (χ1v) is 40.6. The minimum Gasteiger partial charge on any atom is -0.507 e. The van der Waals surface area contributed by atoms with Gasteiger partial charge in [-0.05, 0) is 222 Å². The highest BCUT2D eigenvalue weighted by atomic mass is 33.1. The van der Waals surface area contributed by atoms with Crippen molar-refractivity contribution >= 4 is 86.5 Å². The molecule has 0 unspecified atom stereocenters. The van der Waals surface area contributed by atoms with Gasteiger partial charge in [0.1, 0.15) is 34.3 Å². The number of aliphatic hydroxyl groups is 4. The van der Waals surface area contributed by atoms with Crippen LogP contribution in [0.2, 0.25) is 0 Å². The van der Waals surface area contributed by atoms with Gasteiger partial charge in [-0.3, -0.25) is 4.79 Å². The Hall–Kier alpha value is -4.11. The molecule has 22 bridgehead atoms. The molecule has 11 aliphatic heterocycles. The number of rotatable bonds is 4. The van der Waals surface area contributed by atoms with Crippen molar-refractivity contribution in [3.63, 3.8) is 0 Å². The Kier molecular flexibility index (Phi) is 16.8. The highest BCUT2D eigenvalue weighted by Gasteiger charge is 2.48. The maximum atomic E-state index is 15.9. The Morgan fingerprint density at radius 1 is 0.758 bits per heavy atom. The second kappa shape index (κ2) is 24.8. The standard InChI is InChI=1S/C74H81NO10S6/c1-36(2)21-44-28-51-55-35-89-90-72-54-34-88-87-33-46-25-39(24-45(54)32-75-65(72)43-6-3-5-38(23-43)26-50(55)66(44)79)8-9-40(46)22-37-12-16-74(83,17-13-37)18-14-41-27-42-10-11-48-63-60(42)49(47(41)15-19-76)29-52-61(63)53-30-58(56(77)7-4-20-86-91-73(48)67(53)80)84-71-62(52)57(78)31-59-64(71)68(81)69(82)70(51)85-59/h3,5-6,8-11,23,25,28-29,31,36-37,41,45,47,53-54,56,58,65,67,72-73,75-80,82-83H,4,7,12-22,24,26-27,30,32-35H2,1-2H3/t37?,41-,45+,47-,53-,54+,56-,58+,65+,67-,72-,73+,74?/m0/s1. The third-order valence-electron chi connectivity index (χ3n) is 22.6. The smallest absolute Gasteiger partial charge is 0.238 e. The van der Waals surface area contributed by atoms with Crippen LogP contribution in [0.25, 0.3) is 44.2 Å². The van der Waals surface area contributed by atoms with Crippen LogP contribution in [0.4, 0.5) is 0 Å². The summed E-state index contributed by atoms with van der Waals surface area (Å²) in [4.78, 5) is 15.9. The van der Waals surface area contributed by atoms with Gasteiger partial charge in [-0.1, -0.05) is 133 Å². The van der Waals surface area contributed by atoms with Crippen LogP contribution in [-0.2, 0) is 43.6 Å². The fourth-order valence-electron chi connectivity index (χ4n) is 18.0. The molecule has 21 rings (SSSR count). The topological polar surface area (TPSA) is 193 Å². The molecule has 11 nitrogen and oxygen atoms in total. The van der Waals surface area contributed by atoms with Gasteiger partial charge >= 0.3 is 0 Å². The number of aromatic hydroxyl groups is 3. The number of piperidine rings is 1. The van der Waals surface area contributed by atoms with Gasteiger partial charge < -0.3 is 50.2 Å². The molecule has 12 heterocycles. The van der Waals surface area contributed by atoms with Crippen LogP contribution in [0, 0.1) is 29.6 Å². The molecule has 0 amide bonds. The van der Waals surface area contributed by atoms with Crippen molar-refractivity contribution in [1.29, 1.82) is 0 Å². The second-order valence-electron chi connectivity index (χ2n) is 28.5. The molecule has 3 aliphatic carbocycles. The average Bonchev–Trinajstić information content (AvgIpc) is 0.859. The molecule has 91 heavy (non-hydrogen) atoms. The van der Waals surface area contributed by atoms with Crippen molar-refractivity contribution in [3.8, 4) is 45.4 Å². The van der Waals surface area contributed by atoms with Gasteiger partial charge in [-0.25, -0.2) is 0 Å². The predicted octanol–water partition coefficient (Wildman–Crippen LogP) is 15.5. The van der Waals surface area contributed by atoms with E-state index in [1.54, 1.807) is 32.4 Å². The number of nitrogens with one attached hydrogen (secondary N) is 1. The molecule has 11 atom stereocenters. The Morgan fingerprint density at radius 2 is 1.60 bits per heavy atom. The first-order chi connectivity index (χ1) is 44.2. The molecule has 0 spiro atoms. The Bertz CT molecular complexity index is 4090. The molecule has 3 fully saturated rings. The van der Waals surface area contributed by atoms with Gasteiger partial charge in [0.2, 0.25) is 11.2 Å². The summed E-state index contributed by atoms with van der Waals surface area (Å²) in [6.07, 6.45) is 7.40. The monoisotopic (exact) mass is 1340 g/mol. The van der Waals surface area contributed by atoms with Gasteiger partial charge in [0.05, 0.1) is 28.6 Å². The van der Waals surface area contributed by atoms with E-state index in [4.69, 9.17) is 9.15 Å². The maximum absolute atomic E-state index is 15.9. The summed E-state index contributed by atoms with van der Waals surface area (Å²) in [5, 5.41) is 93.9. The van der Waals surface area contributed by atoms with Crippen molar-refractivity contribution in [2.45, 2.75) is 174 Å². The van der Waals surface area contributed by atoms with E-state index in [-0.39, 0.29) is 86.9 Å². The molecule has 0 radical (unpaired) electrons. The minimum atomic E-state index is -1.01. The van der Waals surface area contributed by atoms with Crippen LogP contribution in [0.3, 0.4) is 0 Å². The first-order valence-electron chi connectivity index (χ1n) is 33.3. The van der Waals surface area contributed by atoms with Crippen LogP contribution in [-0.4, -0.2) is 89.6 Å². The SMILES string of the molecule is CC(C)Cc1cc2c3c(c1O)Cc1cccc(c1)[C@H]1NC[C@H]4Cc5ccc(c(c5)CSSC[C@H]4[C@@H]1SSC3)CC1CCC(O)(CC1)CC[C@H]1Cc3ccc4c5c6c(cc(c35)[C@H]1CCO)-c1c(O)cc3oc-2c(O)c(=O)c3c1O[C@@H]1C[C@@H]6[C@H](O)[C@@H]4SSCCC[C@@H]1O. The highest BCUT2D eigenvalue weighted by Crippen LogP contribution is 2.62. The molecule has 17 heteroatoms. The predicted molar refractivity (Wildman–Crippen MR) is 375 cm³/mol. The molecule has 7 aromatic rings. The summed E-state index contributed by atoms with van der Waals surface area (Å²) in [7, 11) is 11.0. The Labute approximate surface area is 556 Å². The average molecular weight is 1340 g/mol. The van der Waals surface area contributed by atoms with E-state index in [2.05, 4.69) is 79.8 Å². The fourth-order valence-corrected chi connectivity index (χ4v) is 26.9. The van der Waals surface area contributed by atoms with E-state index in [9.17, 15) is 35.7 Å². The van der Waals surface area contributed by atoms with Crippen LogP contribution in [0.5, 0.6) is 23.0 Å². The number of hydrogen-bond acceptors (Lipinski definition) is 17. The number of phenols is 2. The van der Waals surface area contributed by atoms with Gasteiger partial charge in [-0.2, -0.15) is 0 Å². The van der Waals surface area contributed by atoms with Gasteiger partial charge in [-0.15, -0.1) is 0 Å². The van der Waals surface area contributed by atoms with Crippen LogP contribution >= 0.6 is 64.8 Å². The first kappa shape index (κ1) is 61.7. The lowest BCUT2D eigenvalue weighted by Gasteiger charge is -2.44. The van der Waals surface area contributed by atoms with Crippen molar-refractivity contribution in [3.05, 3.63) is 150 Å². The third-order valence-corrected chi connectivity index (χ3v) is 30.6. The number of ether oxygens (including phenoxy) is 1. The third kappa shape index (κ3) is 11.0. The summed E-state index contributed by atoms with van der Waals surface area (Å²) in [5.74, 6) is 3.14. The molecule has 1 saturated carbocycles. The second-order valence-corrected chi connectivity index (χ2v) is 36.2. The lowest BCUT2D eigenvalue weighted by molar-refractivity contribution is -0.0222. The lowest BCUT2D eigenvalue weighted by Crippen LogP contribution is -2.49. The number of aliphatic hydroxyl groups excluding tert-OH is 3. The van der Waals surface area contributed by atoms with Gasteiger partial charge in [0.25, 0.3) is 0 Å². The summed E-state index contributed by atoms with van der Waals surface area (Å²) in [5.41, 5.74) is 12.5. The number of hydrogen-bond donors (Lipinski definition) is 8. The lowest BCUT2D eigenvalue weighted by atomic mass is 9.64. The van der Waals surface area contributed by atoms with Crippen LogP contribution in [0.15, 0.2) is 82.0 Å². The van der Waals surface area contributed by atoms with Crippen molar-refractivity contribution in [2.24, 2.45) is 29.6 Å². The summed E-state index contributed by atoms with van der Waals surface area (Å²) in [6.45, 7) is 5.05. The zero-order valence-electron chi connectivity index (χ0n) is 51.6. The van der Waals surface area contributed by atoms with E-state index in [0.717, 1.165) is 114 Å². The molecule has 6 aromatic carbocycles. The van der Waals surface area contributed by atoms with Crippen molar-refractivity contribution in [1.82, 2.24) is 5.32 Å². The van der Waals surface area contributed by atoms with Gasteiger partial charge in [0.15, 0.2) is 5.76 Å². The van der Waals surface area contributed by atoms with Crippen LogP contribution in [0.1, 0.15) is 168 Å². The minimum absolute atomic E-state index is 0.00143. The zero-order chi connectivity index (χ0) is 62.1. The van der Waals surface area contributed by atoms with E-state index in [1.807, 2.05) is 38.4 Å². The van der Waals surface area contributed by atoms with E-state index in [1.165, 1.54) is 33.9 Å². The Morgan fingerprint density at radius 3 is 2.45 bits per heavy atom. The van der Waals surface area contributed by atoms with Crippen molar-refractivity contribution < 1.29 is 44.9 Å². The molecule has 2 saturated heterocycles.